The van der Waals surface area contributed by atoms with Crippen LogP contribution in [0, 0.1) is 20.8 Å². The number of aromatic nitrogens is 2. The van der Waals surface area contributed by atoms with Crippen LogP contribution < -0.4 is 5.32 Å². The Balaban J connectivity index is 2.15. The number of thiophene rings is 1. The van der Waals surface area contributed by atoms with Gasteiger partial charge in [-0.25, -0.2) is 0 Å². The molecule has 19 heavy (non-hydrogen) atoms. The van der Waals surface area contributed by atoms with Gasteiger partial charge in [0.05, 0.1) is 17.1 Å². The molecule has 0 unspecified atom stereocenters. The third-order valence-corrected chi connectivity index (χ3v) is 5.30. The van der Waals surface area contributed by atoms with Gasteiger partial charge < -0.3 is 5.32 Å². The minimum atomic E-state index is 0.396. The van der Waals surface area contributed by atoms with E-state index in [-0.39, 0.29) is 0 Å². The van der Waals surface area contributed by atoms with Crippen molar-refractivity contribution < 1.29 is 0 Å². The number of halogens is 1. The molecule has 0 bridgehead atoms. The van der Waals surface area contributed by atoms with Crippen molar-refractivity contribution in [2.24, 2.45) is 0 Å². The van der Waals surface area contributed by atoms with Crippen molar-refractivity contribution in [3.05, 3.63) is 31.7 Å². The van der Waals surface area contributed by atoms with Gasteiger partial charge in [0.25, 0.3) is 0 Å². The summed E-state index contributed by atoms with van der Waals surface area (Å²) in [5.74, 6) is 0. The molecule has 0 saturated heterocycles. The van der Waals surface area contributed by atoms with Gasteiger partial charge in [-0.2, -0.15) is 5.10 Å². The standard InChI is InChI=1S/C14H20BrN3S/c1-8(2)18-10(4)14(9(3)17-18)16-7-12-6-13(15)11(5)19-12/h6,8,16H,7H2,1-5H3. The zero-order valence-corrected chi connectivity index (χ0v) is 14.4. The Hall–Kier alpha value is -0.810. The van der Waals surface area contributed by atoms with Gasteiger partial charge >= 0.3 is 0 Å². The Kier molecular flexibility index (Phi) is 4.36. The summed E-state index contributed by atoms with van der Waals surface area (Å²) in [6, 6.07) is 2.58. The van der Waals surface area contributed by atoms with Crippen LogP contribution >= 0.6 is 27.3 Å². The maximum Gasteiger partial charge on any atom is 0.0828 e. The van der Waals surface area contributed by atoms with Crippen LogP contribution in [0.4, 0.5) is 5.69 Å². The number of hydrogen-bond donors (Lipinski definition) is 1. The summed E-state index contributed by atoms with van der Waals surface area (Å²) in [4.78, 5) is 2.66. The highest BCUT2D eigenvalue weighted by Gasteiger charge is 2.13. The van der Waals surface area contributed by atoms with Crippen LogP contribution in [0.2, 0.25) is 0 Å². The lowest BCUT2D eigenvalue weighted by Crippen LogP contribution is -2.05. The topological polar surface area (TPSA) is 29.9 Å². The van der Waals surface area contributed by atoms with E-state index in [9.17, 15) is 0 Å². The number of nitrogens with one attached hydrogen (secondary N) is 1. The van der Waals surface area contributed by atoms with Crippen LogP contribution in [0.15, 0.2) is 10.5 Å². The van der Waals surface area contributed by atoms with Crippen molar-refractivity contribution in [3.8, 4) is 0 Å². The molecule has 0 fully saturated rings. The highest BCUT2D eigenvalue weighted by atomic mass is 79.9. The normalized spacial score (nSPS) is 11.3. The smallest absolute Gasteiger partial charge is 0.0828 e. The maximum atomic E-state index is 4.59. The molecule has 0 radical (unpaired) electrons. The molecule has 0 amide bonds. The lowest BCUT2D eigenvalue weighted by Gasteiger charge is -2.09. The third kappa shape index (κ3) is 3.03. The van der Waals surface area contributed by atoms with Gasteiger partial charge in [-0.05, 0) is 56.6 Å². The molecular weight excluding hydrogens is 322 g/mol. The Morgan fingerprint density at radius 3 is 2.53 bits per heavy atom. The summed E-state index contributed by atoms with van der Waals surface area (Å²) >= 11 is 5.38. The minimum absolute atomic E-state index is 0.396. The van der Waals surface area contributed by atoms with Crippen LogP contribution in [0.3, 0.4) is 0 Å². The molecule has 1 N–H and O–H groups in total. The lowest BCUT2D eigenvalue weighted by molar-refractivity contribution is 0.516. The van der Waals surface area contributed by atoms with E-state index >= 15 is 0 Å². The second-order valence-electron chi connectivity index (χ2n) is 5.05. The molecule has 104 valence electrons. The SMILES string of the molecule is Cc1nn(C(C)C)c(C)c1NCc1cc(Br)c(C)s1. The Labute approximate surface area is 127 Å². The predicted molar refractivity (Wildman–Crippen MR) is 86.2 cm³/mol. The van der Waals surface area contributed by atoms with E-state index in [1.54, 1.807) is 0 Å². The first-order chi connectivity index (χ1) is 8.90. The maximum absolute atomic E-state index is 4.59. The van der Waals surface area contributed by atoms with E-state index in [2.05, 4.69) is 71.7 Å². The molecule has 2 heterocycles. The van der Waals surface area contributed by atoms with Gasteiger partial charge in [-0.3, -0.25) is 4.68 Å². The van der Waals surface area contributed by atoms with E-state index in [1.807, 2.05) is 11.3 Å². The van der Waals surface area contributed by atoms with Crippen LogP contribution in [0.5, 0.6) is 0 Å². The molecular formula is C14H20BrN3S. The highest BCUT2D eigenvalue weighted by Crippen LogP contribution is 2.28. The number of nitrogens with zero attached hydrogens (tertiary/aromatic N) is 2. The molecule has 2 aromatic heterocycles. The third-order valence-electron chi connectivity index (χ3n) is 3.16. The molecule has 5 heteroatoms. The van der Waals surface area contributed by atoms with E-state index in [1.165, 1.54) is 19.9 Å². The molecule has 0 aliphatic carbocycles. The highest BCUT2D eigenvalue weighted by molar-refractivity contribution is 9.10. The van der Waals surface area contributed by atoms with Crippen molar-refractivity contribution in [1.82, 2.24) is 9.78 Å². The summed E-state index contributed by atoms with van der Waals surface area (Å²) in [5.41, 5.74) is 3.44. The van der Waals surface area contributed by atoms with Crippen molar-refractivity contribution in [2.45, 2.75) is 47.2 Å². The first kappa shape index (κ1) is 14.6. The second kappa shape index (κ2) is 5.67. The van der Waals surface area contributed by atoms with Gasteiger partial charge in [-0.15, -0.1) is 11.3 Å². The molecule has 0 aliphatic heterocycles. The number of aryl methyl sites for hydroxylation is 2. The number of hydrogen-bond acceptors (Lipinski definition) is 3. The van der Waals surface area contributed by atoms with Crippen molar-refractivity contribution in [3.63, 3.8) is 0 Å². The van der Waals surface area contributed by atoms with Crippen molar-refractivity contribution >= 4 is 33.0 Å². The van der Waals surface area contributed by atoms with Gasteiger partial charge in [0.1, 0.15) is 0 Å². The first-order valence-corrected chi connectivity index (χ1v) is 8.05. The Morgan fingerprint density at radius 1 is 1.37 bits per heavy atom. The van der Waals surface area contributed by atoms with E-state index in [0.717, 1.165) is 17.9 Å². The molecule has 0 spiro atoms. The van der Waals surface area contributed by atoms with E-state index < -0.39 is 0 Å². The molecule has 0 atom stereocenters. The fourth-order valence-electron chi connectivity index (χ4n) is 2.20. The average Bonchev–Trinajstić information content (AvgIpc) is 2.79. The average molecular weight is 342 g/mol. The summed E-state index contributed by atoms with van der Waals surface area (Å²) < 4.78 is 3.27. The molecule has 0 aliphatic rings. The zero-order chi connectivity index (χ0) is 14.2. The Morgan fingerprint density at radius 2 is 2.05 bits per heavy atom. The molecule has 2 rings (SSSR count). The fourth-order valence-corrected chi connectivity index (χ4v) is 3.74. The van der Waals surface area contributed by atoms with Gasteiger partial charge in [0.2, 0.25) is 0 Å². The summed E-state index contributed by atoms with van der Waals surface area (Å²) in [7, 11) is 0. The quantitative estimate of drug-likeness (QED) is 0.863. The van der Waals surface area contributed by atoms with Gasteiger partial charge in [-0.1, -0.05) is 0 Å². The Bertz CT molecular complexity index is 564. The monoisotopic (exact) mass is 341 g/mol. The van der Waals surface area contributed by atoms with Gasteiger partial charge in [0, 0.05) is 26.8 Å². The largest absolute Gasteiger partial charge is 0.377 e. The van der Waals surface area contributed by atoms with Gasteiger partial charge in [0.15, 0.2) is 0 Å². The first-order valence-electron chi connectivity index (χ1n) is 6.44. The van der Waals surface area contributed by atoms with Crippen molar-refractivity contribution in [1.29, 1.82) is 0 Å². The minimum Gasteiger partial charge on any atom is -0.377 e. The molecule has 2 aromatic rings. The summed E-state index contributed by atoms with van der Waals surface area (Å²) in [5, 5.41) is 8.11. The second-order valence-corrected chi connectivity index (χ2v) is 7.25. The van der Waals surface area contributed by atoms with Crippen LogP contribution in [-0.4, -0.2) is 9.78 Å². The number of anilines is 1. The summed E-state index contributed by atoms with van der Waals surface area (Å²) in [6.45, 7) is 11.5. The summed E-state index contributed by atoms with van der Waals surface area (Å²) in [6.07, 6.45) is 0. The number of rotatable bonds is 4. The lowest BCUT2D eigenvalue weighted by atomic mass is 10.3. The molecule has 0 aromatic carbocycles. The van der Waals surface area contributed by atoms with E-state index in [4.69, 9.17) is 0 Å². The van der Waals surface area contributed by atoms with Crippen LogP contribution in [-0.2, 0) is 6.54 Å². The molecule has 3 nitrogen and oxygen atoms in total. The van der Waals surface area contributed by atoms with E-state index in [0.29, 0.717) is 6.04 Å². The van der Waals surface area contributed by atoms with Crippen molar-refractivity contribution in [2.75, 3.05) is 5.32 Å². The van der Waals surface area contributed by atoms with Crippen LogP contribution in [0.25, 0.3) is 0 Å². The fraction of sp³-hybridized carbons (Fsp3) is 0.500. The predicted octanol–water partition coefficient (Wildman–Crippen LogP) is 4.83. The van der Waals surface area contributed by atoms with Crippen LogP contribution in [0.1, 0.15) is 41.0 Å². The zero-order valence-electron chi connectivity index (χ0n) is 12.0. The molecule has 0 saturated carbocycles.